The highest BCUT2D eigenvalue weighted by Crippen LogP contribution is 2.04. The molecule has 3 nitrogen and oxygen atoms in total. The molecular formula is C11H21NO2. The molecule has 3 heteroatoms. The molecular weight excluding hydrogens is 178 g/mol. The average molecular weight is 199 g/mol. The smallest absolute Gasteiger partial charge is 0.222 e. The van der Waals surface area contributed by atoms with E-state index in [0.717, 1.165) is 6.42 Å². The number of hydrogen-bond acceptors (Lipinski definition) is 2. The first-order valence-electron chi connectivity index (χ1n) is 5.29. The van der Waals surface area contributed by atoms with Crippen molar-refractivity contribution in [2.45, 2.75) is 40.5 Å². The Kier molecular flexibility index (Phi) is 6.17. The van der Waals surface area contributed by atoms with Crippen LogP contribution in [0.3, 0.4) is 0 Å². The summed E-state index contributed by atoms with van der Waals surface area (Å²) in [6.07, 6.45) is 1.32. The van der Waals surface area contributed by atoms with Gasteiger partial charge in [0, 0.05) is 24.8 Å². The zero-order valence-electron chi connectivity index (χ0n) is 9.59. The second kappa shape index (κ2) is 6.57. The lowest BCUT2D eigenvalue weighted by Gasteiger charge is -2.09. The van der Waals surface area contributed by atoms with Gasteiger partial charge in [-0.2, -0.15) is 0 Å². The van der Waals surface area contributed by atoms with Gasteiger partial charge in [-0.1, -0.05) is 27.7 Å². The molecule has 0 fully saturated rings. The predicted octanol–water partition coefficient (Wildman–Crippen LogP) is 1.76. The summed E-state index contributed by atoms with van der Waals surface area (Å²) in [5.41, 5.74) is 0. The van der Waals surface area contributed by atoms with Crippen LogP contribution in [-0.2, 0) is 9.59 Å². The summed E-state index contributed by atoms with van der Waals surface area (Å²) in [6, 6.07) is 0. The molecule has 0 aromatic heterocycles. The van der Waals surface area contributed by atoms with Gasteiger partial charge in [-0.05, 0) is 6.42 Å². The maximum absolute atomic E-state index is 11.4. The van der Waals surface area contributed by atoms with Crippen molar-refractivity contribution in [2.24, 2.45) is 11.8 Å². The number of carbonyl (C=O) groups is 2. The molecule has 0 aromatic carbocycles. The minimum absolute atomic E-state index is 0.00583. The normalized spacial score (nSPS) is 12.6. The second-order valence-corrected chi connectivity index (χ2v) is 3.97. The maximum atomic E-state index is 11.4. The third kappa shape index (κ3) is 5.00. The molecule has 14 heavy (non-hydrogen) atoms. The van der Waals surface area contributed by atoms with Crippen molar-refractivity contribution in [3.8, 4) is 0 Å². The van der Waals surface area contributed by atoms with E-state index in [2.05, 4.69) is 5.32 Å². The fourth-order valence-electron chi connectivity index (χ4n) is 0.987. The number of rotatable bonds is 6. The molecule has 1 amide bonds. The molecule has 0 aliphatic heterocycles. The van der Waals surface area contributed by atoms with E-state index >= 15 is 0 Å². The number of hydrogen-bond donors (Lipinski definition) is 1. The summed E-state index contributed by atoms with van der Waals surface area (Å²) in [6.45, 7) is 8.07. The Balaban J connectivity index is 3.64. The van der Waals surface area contributed by atoms with Gasteiger partial charge >= 0.3 is 0 Å². The second-order valence-electron chi connectivity index (χ2n) is 3.97. The molecule has 82 valence electrons. The zero-order chi connectivity index (χ0) is 11.1. The first-order chi connectivity index (χ1) is 6.49. The van der Waals surface area contributed by atoms with Crippen LogP contribution in [0.1, 0.15) is 40.5 Å². The van der Waals surface area contributed by atoms with Gasteiger partial charge in [0.15, 0.2) is 0 Å². The lowest BCUT2D eigenvalue weighted by molar-refractivity contribution is -0.124. The molecule has 0 aromatic rings. The number of carbonyl (C=O) groups excluding carboxylic acids is 2. The molecule has 1 unspecified atom stereocenters. The van der Waals surface area contributed by atoms with E-state index in [-0.39, 0.29) is 23.5 Å². The molecule has 0 aliphatic carbocycles. The van der Waals surface area contributed by atoms with Crippen LogP contribution in [0, 0.1) is 11.8 Å². The molecule has 0 aliphatic rings. The first-order valence-corrected chi connectivity index (χ1v) is 5.29. The molecule has 0 saturated carbocycles. The number of amides is 1. The Morgan fingerprint density at radius 1 is 1.21 bits per heavy atom. The third-order valence-corrected chi connectivity index (χ3v) is 2.36. The first kappa shape index (κ1) is 13.1. The number of nitrogens with one attached hydrogen (secondary N) is 1. The lowest BCUT2D eigenvalue weighted by atomic mass is 10.0. The van der Waals surface area contributed by atoms with Gasteiger partial charge in [-0.15, -0.1) is 0 Å². The van der Waals surface area contributed by atoms with Gasteiger partial charge < -0.3 is 5.32 Å². The molecule has 1 atom stereocenters. The van der Waals surface area contributed by atoms with Crippen LogP contribution in [0.15, 0.2) is 0 Å². The van der Waals surface area contributed by atoms with Gasteiger partial charge in [0.05, 0.1) is 0 Å². The topological polar surface area (TPSA) is 46.2 Å². The van der Waals surface area contributed by atoms with Crippen LogP contribution in [0.5, 0.6) is 0 Å². The summed E-state index contributed by atoms with van der Waals surface area (Å²) >= 11 is 0. The monoisotopic (exact) mass is 199 g/mol. The van der Waals surface area contributed by atoms with Crippen LogP contribution in [-0.4, -0.2) is 18.2 Å². The van der Waals surface area contributed by atoms with Gasteiger partial charge in [-0.25, -0.2) is 0 Å². The lowest BCUT2D eigenvalue weighted by Crippen LogP contribution is -2.30. The van der Waals surface area contributed by atoms with Gasteiger partial charge in [0.2, 0.25) is 5.91 Å². The average Bonchev–Trinajstić information content (AvgIpc) is 2.15. The van der Waals surface area contributed by atoms with Crippen molar-refractivity contribution in [1.29, 1.82) is 0 Å². The summed E-state index contributed by atoms with van der Waals surface area (Å²) in [5, 5.41) is 2.73. The third-order valence-electron chi connectivity index (χ3n) is 2.36. The minimum Gasteiger partial charge on any atom is -0.355 e. The van der Waals surface area contributed by atoms with E-state index in [4.69, 9.17) is 0 Å². The van der Waals surface area contributed by atoms with E-state index in [9.17, 15) is 9.59 Å². The SMILES string of the molecule is CCC(C)C(=O)CCNC(=O)C(C)C. The highest BCUT2D eigenvalue weighted by Gasteiger charge is 2.11. The molecule has 0 saturated heterocycles. The Hall–Kier alpha value is -0.860. The summed E-state index contributed by atoms with van der Waals surface area (Å²) in [4.78, 5) is 22.5. The molecule has 0 rings (SSSR count). The molecule has 0 bridgehead atoms. The Bertz CT molecular complexity index is 199. The highest BCUT2D eigenvalue weighted by molar-refractivity contribution is 5.82. The maximum Gasteiger partial charge on any atom is 0.222 e. The van der Waals surface area contributed by atoms with Crippen LogP contribution < -0.4 is 5.32 Å². The fraction of sp³-hybridized carbons (Fsp3) is 0.818. The predicted molar refractivity (Wildman–Crippen MR) is 56.9 cm³/mol. The molecule has 0 heterocycles. The number of ketones is 1. The van der Waals surface area contributed by atoms with Crippen LogP contribution in [0.2, 0.25) is 0 Å². The van der Waals surface area contributed by atoms with Crippen molar-refractivity contribution in [1.82, 2.24) is 5.32 Å². The highest BCUT2D eigenvalue weighted by atomic mass is 16.2. The van der Waals surface area contributed by atoms with Crippen LogP contribution in [0.4, 0.5) is 0 Å². The summed E-state index contributed by atoms with van der Waals surface area (Å²) < 4.78 is 0. The minimum atomic E-state index is -0.00583. The van der Waals surface area contributed by atoms with Gasteiger partial charge in [-0.3, -0.25) is 9.59 Å². The molecule has 1 N–H and O–H groups in total. The standard InChI is InChI=1S/C11H21NO2/c1-5-9(4)10(13)6-7-12-11(14)8(2)3/h8-9H,5-7H2,1-4H3,(H,12,14). The zero-order valence-corrected chi connectivity index (χ0v) is 9.59. The van der Waals surface area contributed by atoms with E-state index in [1.807, 2.05) is 27.7 Å². The summed E-state index contributed by atoms with van der Waals surface area (Å²) in [7, 11) is 0. The van der Waals surface area contributed by atoms with E-state index < -0.39 is 0 Å². The molecule has 0 radical (unpaired) electrons. The Morgan fingerprint density at radius 2 is 1.79 bits per heavy atom. The van der Waals surface area contributed by atoms with E-state index in [0.29, 0.717) is 13.0 Å². The Labute approximate surface area is 86.3 Å². The summed E-state index contributed by atoms with van der Waals surface area (Å²) in [5.74, 6) is 0.359. The van der Waals surface area contributed by atoms with Crippen molar-refractivity contribution in [3.63, 3.8) is 0 Å². The van der Waals surface area contributed by atoms with E-state index in [1.165, 1.54) is 0 Å². The number of Topliss-reactive ketones (excluding diaryl/α,β-unsaturated/α-hetero) is 1. The Morgan fingerprint density at radius 3 is 2.21 bits per heavy atom. The fourth-order valence-corrected chi connectivity index (χ4v) is 0.987. The van der Waals surface area contributed by atoms with Crippen molar-refractivity contribution >= 4 is 11.7 Å². The largest absolute Gasteiger partial charge is 0.355 e. The van der Waals surface area contributed by atoms with Crippen molar-refractivity contribution in [2.75, 3.05) is 6.54 Å². The van der Waals surface area contributed by atoms with Crippen LogP contribution >= 0.6 is 0 Å². The van der Waals surface area contributed by atoms with Gasteiger partial charge in [0.25, 0.3) is 0 Å². The van der Waals surface area contributed by atoms with Gasteiger partial charge in [0.1, 0.15) is 5.78 Å². The van der Waals surface area contributed by atoms with Crippen LogP contribution in [0.25, 0.3) is 0 Å². The van der Waals surface area contributed by atoms with Crippen molar-refractivity contribution in [3.05, 3.63) is 0 Å². The molecule has 0 spiro atoms. The van der Waals surface area contributed by atoms with Crippen molar-refractivity contribution < 1.29 is 9.59 Å². The van der Waals surface area contributed by atoms with E-state index in [1.54, 1.807) is 0 Å². The quantitative estimate of drug-likeness (QED) is 0.708.